The molecule has 1 atom stereocenters. The first-order valence-corrected chi connectivity index (χ1v) is 13.1. The van der Waals surface area contributed by atoms with Crippen LogP contribution in [0.4, 0.5) is 0 Å². The number of fused-ring (bicyclic) bond motifs is 3. The van der Waals surface area contributed by atoms with E-state index in [1.54, 1.807) is 11.3 Å². The summed E-state index contributed by atoms with van der Waals surface area (Å²) in [5, 5.41) is 9.81. The number of hydrogen-bond donors (Lipinski definition) is 1. The van der Waals surface area contributed by atoms with Crippen molar-refractivity contribution in [3.63, 3.8) is 0 Å². The highest BCUT2D eigenvalue weighted by atomic mass is 32.1. The van der Waals surface area contributed by atoms with Gasteiger partial charge in [0.15, 0.2) is 5.82 Å². The fraction of sp³-hybridized carbons (Fsp3) is 0.357. The van der Waals surface area contributed by atoms with Gasteiger partial charge in [-0.05, 0) is 59.2 Å². The molecule has 0 bridgehead atoms. The molecule has 4 aromatic rings. The molecule has 0 radical (unpaired) electrons. The van der Waals surface area contributed by atoms with E-state index in [9.17, 15) is 4.79 Å². The molecule has 0 saturated carbocycles. The highest BCUT2D eigenvalue weighted by Gasteiger charge is 2.33. The van der Waals surface area contributed by atoms with Crippen LogP contribution in [-0.4, -0.2) is 32.0 Å². The zero-order chi connectivity index (χ0) is 26.5. The second-order valence-electron chi connectivity index (χ2n) is 10.2. The minimum Gasteiger partial charge on any atom is -0.460 e. The van der Waals surface area contributed by atoms with E-state index >= 15 is 0 Å². The Bertz CT molecular complexity index is 1500. The molecule has 5 rings (SSSR count). The first kappa shape index (κ1) is 25.1. The monoisotopic (exact) mass is 517 g/mol. The van der Waals surface area contributed by atoms with Crippen LogP contribution in [0.2, 0.25) is 0 Å². The van der Waals surface area contributed by atoms with Gasteiger partial charge in [-0.1, -0.05) is 24.3 Å². The van der Waals surface area contributed by atoms with Crippen molar-refractivity contribution in [2.24, 2.45) is 10.7 Å². The van der Waals surface area contributed by atoms with Crippen LogP contribution < -0.4 is 5.73 Å². The minimum absolute atomic E-state index is 0.0677. The third-order valence-corrected chi connectivity index (χ3v) is 7.52. The van der Waals surface area contributed by atoms with Gasteiger partial charge in [-0.25, -0.2) is 0 Å². The number of aliphatic imine (C=N–C) groups is 1. The van der Waals surface area contributed by atoms with Crippen LogP contribution >= 0.6 is 11.3 Å². The number of hydrogen-bond acceptors (Lipinski definition) is 8. The first-order chi connectivity index (χ1) is 17.6. The van der Waals surface area contributed by atoms with E-state index in [1.165, 1.54) is 4.88 Å². The lowest BCUT2D eigenvalue weighted by Gasteiger charge is -2.21. The maximum atomic E-state index is 12.9. The van der Waals surface area contributed by atoms with Gasteiger partial charge in [0, 0.05) is 21.6 Å². The summed E-state index contributed by atoms with van der Waals surface area (Å²) in [6, 6.07) is 11.4. The van der Waals surface area contributed by atoms with Crippen molar-refractivity contribution >= 4 is 23.0 Å². The van der Waals surface area contributed by atoms with Crippen LogP contribution in [0.15, 0.2) is 45.8 Å². The van der Waals surface area contributed by atoms with Crippen LogP contribution in [0.3, 0.4) is 0 Å². The molecule has 0 unspecified atom stereocenters. The Morgan fingerprint density at radius 1 is 1.08 bits per heavy atom. The topological polar surface area (TPSA) is 109 Å². The number of nitrogens with two attached hydrogens (primary N) is 1. The Labute approximate surface area is 220 Å². The average Bonchev–Trinajstić information content (AvgIpc) is 3.52. The predicted octanol–water partition coefficient (Wildman–Crippen LogP) is 5.60. The van der Waals surface area contributed by atoms with Crippen LogP contribution in [0.25, 0.3) is 16.3 Å². The molecule has 8 nitrogen and oxygen atoms in total. The number of carbonyl (C=O) groups is 1. The molecule has 1 aliphatic heterocycles. The molecule has 0 amide bonds. The van der Waals surface area contributed by atoms with Crippen LogP contribution in [0.1, 0.15) is 72.2 Å². The van der Waals surface area contributed by atoms with E-state index in [0.717, 1.165) is 50.3 Å². The summed E-state index contributed by atoms with van der Waals surface area (Å²) < 4.78 is 13.5. The van der Waals surface area contributed by atoms with Crippen molar-refractivity contribution in [2.75, 3.05) is 0 Å². The van der Waals surface area contributed by atoms with Crippen molar-refractivity contribution in [1.29, 1.82) is 0 Å². The van der Waals surface area contributed by atoms with Crippen LogP contribution in [0.5, 0.6) is 0 Å². The summed E-state index contributed by atoms with van der Waals surface area (Å²) >= 11 is 1.69. The lowest BCUT2D eigenvalue weighted by Crippen LogP contribution is -2.25. The number of nitrogens with zero attached hydrogens (tertiary/aromatic N) is 4. The van der Waals surface area contributed by atoms with E-state index in [-0.39, 0.29) is 12.4 Å². The van der Waals surface area contributed by atoms with Crippen molar-refractivity contribution in [1.82, 2.24) is 14.8 Å². The van der Waals surface area contributed by atoms with Crippen molar-refractivity contribution in [3.05, 3.63) is 75.4 Å². The van der Waals surface area contributed by atoms with E-state index in [1.807, 2.05) is 68.7 Å². The molecular formula is C28H31N5O3S. The number of esters is 1. The molecule has 3 aromatic heterocycles. The standard InChI is InChI=1S/C28H31N5O3S/c1-15-16(2)37-27-24(15)25(19-9-7-18(8-10-19)22-12-11-20(14-29)35-22)30-21(13-23(34)36-28(4,5)6)26-32-31-17(3)33(26)27/h7-12,21H,13-14,29H2,1-6H3/t21-/m0/s1. The minimum atomic E-state index is -0.588. The number of aromatic nitrogens is 3. The molecule has 2 N–H and O–H groups in total. The summed E-state index contributed by atoms with van der Waals surface area (Å²) in [5.74, 6) is 2.58. The van der Waals surface area contributed by atoms with Crippen LogP contribution in [0, 0.1) is 20.8 Å². The van der Waals surface area contributed by atoms with Crippen molar-refractivity contribution in [3.8, 4) is 16.3 Å². The molecule has 1 aromatic carbocycles. The number of ether oxygens (including phenoxy) is 1. The largest absolute Gasteiger partial charge is 0.460 e. The summed E-state index contributed by atoms with van der Waals surface area (Å²) in [6.07, 6.45) is 0.0677. The zero-order valence-electron chi connectivity index (χ0n) is 22.0. The summed E-state index contributed by atoms with van der Waals surface area (Å²) in [7, 11) is 0. The molecule has 0 fully saturated rings. The summed E-state index contributed by atoms with van der Waals surface area (Å²) in [5.41, 5.74) is 10.0. The van der Waals surface area contributed by atoms with Gasteiger partial charge >= 0.3 is 5.97 Å². The quantitative estimate of drug-likeness (QED) is 0.345. The summed E-state index contributed by atoms with van der Waals surface area (Å²) in [4.78, 5) is 19.3. The number of rotatable bonds is 5. The molecule has 0 spiro atoms. The Morgan fingerprint density at radius 3 is 2.43 bits per heavy atom. The molecule has 0 saturated heterocycles. The normalized spacial score (nSPS) is 15.1. The molecule has 4 heterocycles. The highest BCUT2D eigenvalue weighted by molar-refractivity contribution is 7.15. The maximum Gasteiger partial charge on any atom is 0.308 e. The van der Waals surface area contributed by atoms with Gasteiger partial charge < -0.3 is 14.9 Å². The second-order valence-corrected chi connectivity index (χ2v) is 11.4. The van der Waals surface area contributed by atoms with Gasteiger partial charge in [-0.2, -0.15) is 0 Å². The van der Waals surface area contributed by atoms with Crippen LogP contribution in [-0.2, 0) is 16.1 Å². The van der Waals surface area contributed by atoms with E-state index in [4.69, 9.17) is 19.9 Å². The predicted molar refractivity (Wildman–Crippen MR) is 144 cm³/mol. The molecule has 37 heavy (non-hydrogen) atoms. The Kier molecular flexibility index (Phi) is 6.37. The zero-order valence-corrected chi connectivity index (χ0v) is 22.8. The van der Waals surface area contributed by atoms with E-state index in [2.05, 4.69) is 24.0 Å². The number of carbonyl (C=O) groups excluding carboxylic acids is 1. The number of benzene rings is 1. The molecule has 9 heteroatoms. The molecule has 0 aliphatic carbocycles. The first-order valence-electron chi connectivity index (χ1n) is 12.3. The average molecular weight is 518 g/mol. The molecule has 1 aliphatic rings. The van der Waals surface area contributed by atoms with E-state index in [0.29, 0.717) is 12.4 Å². The van der Waals surface area contributed by atoms with Gasteiger partial charge in [0.05, 0.1) is 18.7 Å². The van der Waals surface area contributed by atoms with Crippen molar-refractivity contribution in [2.45, 2.75) is 66.2 Å². The van der Waals surface area contributed by atoms with Crippen molar-refractivity contribution < 1.29 is 13.9 Å². The second kappa shape index (κ2) is 9.39. The van der Waals surface area contributed by atoms with Gasteiger partial charge in [0.25, 0.3) is 0 Å². The van der Waals surface area contributed by atoms with Gasteiger partial charge in [-0.3, -0.25) is 14.4 Å². The lowest BCUT2D eigenvalue weighted by atomic mass is 9.98. The highest BCUT2D eigenvalue weighted by Crippen LogP contribution is 2.40. The maximum absolute atomic E-state index is 12.9. The number of furan rings is 1. The number of aryl methyl sites for hydroxylation is 2. The van der Waals surface area contributed by atoms with Gasteiger partial charge in [0.1, 0.15) is 34.0 Å². The fourth-order valence-corrected chi connectivity index (χ4v) is 5.71. The Hall–Kier alpha value is -3.56. The lowest BCUT2D eigenvalue weighted by molar-refractivity contribution is -0.155. The molecule has 192 valence electrons. The summed E-state index contributed by atoms with van der Waals surface area (Å²) in [6.45, 7) is 12.1. The third-order valence-electron chi connectivity index (χ3n) is 6.33. The Morgan fingerprint density at radius 2 is 1.78 bits per heavy atom. The SMILES string of the molecule is Cc1sc2c(c1C)C(c1ccc(-c3ccc(CN)o3)cc1)=N[C@@H](CC(=O)OC(C)(C)C)c1nnc(C)n1-2. The molecular weight excluding hydrogens is 486 g/mol. The van der Waals surface area contributed by atoms with E-state index < -0.39 is 11.6 Å². The fourth-order valence-electron chi connectivity index (χ4n) is 4.50. The van der Waals surface area contributed by atoms with Gasteiger partial charge in [0.2, 0.25) is 0 Å². The number of thiophene rings is 1. The Balaban J connectivity index is 1.62. The smallest absolute Gasteiger partial charge is 0.308 e. The van der Waals surface area contributed by atoms with Gasteiger partial charge in [-0.15, -0.1) is 21.5 Å². The third kappa shape index (κ3) is 4.76.